The van der Waals surface area contributed by atoms with Gasteiger partial charge in [0.25, 0.3) is 0 Å². The monoisotopic (exact) mass is 601 g/mol. The van der Waals surface area contributed by atoms with Gasteiger partial charge in [0.15, 0.2) is 11.5 Å². The average Bonchev–Trinajstić information content (AvgIpc) is 3.64. The molecule has 44 heavy (non-hydrogen) atoms. The third kappa shape index (κ3) is 6.92. The topological polar surface area (TPSA) is 112 Å². The summed E-state index contributed by atoms with van der Waals surface area (Å²) in [7, 11) is 6.74. The van der Waals surface area contributed by atoms with Crippen molar-refractivity contribution in [3.8, 4) is 23.0 Å². The number of hydrogen-bond acceptors (Lipinski definition) is 8. The van der Waals surface area contributed by atoms with E-state index in [1.807, 2.05) is 37.3 Å². The predicted octanol–water partition coefficient (Wildman–Crippen LogP) is 5.52. The molecule has 1 aliphatic carbocycles. The second kappa shape index (κ2) is 13.7. The van der Waals surface area contributed by atoms with Crippen LogP contribution in [0.15, 0.2) is 58.7 Å². The highest BCUT2D eigenvalue weighted by molar-refractivity contribution is 6.08. The highest BCUT2D eigenvalue weighted by Gasteiger charge is 2.27. The lowest BCUT2D eigenvalue weighted by molar-refractivity contribution is -0.120. The van der Waals surface area contributed by atoms with Crippen molar-refractivity contribution in [1.82, 2.24) is 15.5 Å². The Hall–Kier alpha value is -4.70. The molecule has 0 atom stereocenters. The van der Waals surface area contributed by atoms with Gasteiger partial charge in [-0.3, -0.25) is 4.79 Å². The second-order valence-corrected chi connectivity index (χ2v) is 11.0. The number of carbonyl (C=O) groups excluding carboxylic acids is 2. The van der Waals surface area contributed by atoms with Crippen molar-refractivity contribution in [2.45, 2.75) is 38.8 Å². The van der Waals surface area contributed by atoms with Gasteiger partial charge in [-0.15, -0.1) is 0 Å². The van der Waals surface area contributed by atoms with E-state index in [1.54, 1.807) is 31.6 Å². The molecule has 1 aromatic heterocycles. The number of fused-ring (bicyclic) bond motifs is 1. The SMILES string of the molecule is COc1ccc2c(c1)C(CC(=O)NCc1ccco1)=C(C)/C2=C/c1cc(OC)c(OC(=O)NC2CCN(C)CC2)c(OC)c1. The van der Waals surface area contributed by atoms with E-state index < -0.39 is 6.09 Å². The molecule has 2 aliphatic rings. The van der Waals surface area contributed by atoms with E-state index in [4.69, 9.17) is 23.4 Å². The van der Waals surface area contributed by atoms with Crippen LogP contribution >= 0.6 is 0 Å². The molecule has 2 heterocycles. The molecule has 0 unspecified atom stereocenters. The first kappa shape index (κ1) is 30.7. The molecule has 0 saturated carbocycles. The van der Waals surface area contributed by atoms with Gasteiger partial charge in [-0.05, 0) is 116 Å². The molecule has 2 aromatic carbocycles. The van der Waals surface area contributed by atoms with E-state index >= 15 is 0 Å². The van der Waals surface area contributed by atoms with Crippen molar-refractivity contribution in [1.29, 1.82) is 0 Å². The van der Waals surface area contributed by atoms with Gasteiger partial charge in [-0.25, -0.2) is 4.79 Å². The number of methoxy groups -OCH3 is 3. The van der Waals surface area contributed by atoms with Crippen LogP contribution in [0.3, 0.4) is 0 Å². The minimum atomic E-state index is -0.547. The summed E-state index contributed by atoms with van der Waals surface area (Å²) in [6.07, 6.45) is 4.96. The van der Waals surface area contributed by atoms with Crippen molar-refractivity contribution in [2.24, 2.45) is 0 Å². The first-order valence-electron chi connectivity index (χ1n) is 14.6. The molecule has 10 nitrogen and oxygen atoms in total. The Morgan fingerprint density at radius 2 is 1.73 bits per heavy atom. The molecule has 1 aliphatic heterocycles. The summed E-state index contributed by atoms with van der Waals surface area (Å²) >= 11 is 0. The first-order chi connectivity index (χ1) is 21.3. The normalized spacial score (nSPS) is 16.1. The number of hydrogen-bond donors (Lipinski definition) is 2. The van der Waals surface area contributed by atoms with Crippen LogP contribution in [-0.4, -0.2) is 64.4 Å². The Kier molecular flexibility index (Phi) is 9.59. The summed E-state index contributed by atoms with van der Waals surface area (Å²) in [6, 6.07) is 13.1. The van der Waals surface area contributed by atoms with E-state index in [0.29, 0.717) is 29.6 Å². The number of ether oxygens (including phenoxy) is 4. The summed E-state index contributed by atoms with van der Waals surface area (Å²) in [6.45, 7) is 4.16. The van der Waals surface area contributed by atoms with Crippen LogP contribution in [0.5, 0.6) is 23.0 Å². The minimum absolute atomic E-state index is 0.0527. The summed E-state index contributed by atoms with van der Waals surface area (Å²) < 4.78 is 27.9. The molecule has 0 spiro atoms. The zero-order valence-corrected chi connectivity index (χ0v) is 25.8. The molecule has 0 radical (unpaired) electrons. The van der Waals surface area contributed by atoms with Gasteiger partial charge in [-0.1, -0.05) is 6.07 Å². The molecule has 2 amide bonds. The molecule has 2 N–H and O–H groups in total. The van der Waals surface area contributed by atoms with Gasteiger partial charge in [-0.2, -0.15) is 0 Å². The van der Waals surface area contributed by atoms with E-state index in [1.165, 1.54) is 14.2 Å². The Morgan fingerprint density at radius 1 is 1.00 bits per heavy atom. The lowest BCUT2D eigenvalue weighted by atomic mass is 10.00. The standard InChI is InChI=1S/C34H39N3O7/c1-21-27(26-9-8-24(40-3)18-29(26)28(21)19-32(38)35-20-25-7-6-14-43-25)15-22-16-30(41-4)33(31(17-22)42-5)44-34(39)36-23-10-12-37(2)13-11-23/h6-9,14-18,23H,10-13,19-20H2,1-5H3,(H,35,38)(H,36,39)/b27-15-. The van der Waals surface area contributed by atoms with Gasteiger partial charge < -0.3 is 38.9 Å². The van der Waals surface area contributed by atoms with Crippen LogP contribution in [0.25, 0.3) is 17.2 Å². The summed E-state index contributed by atoms with van der Waals surface area (Å²) in [4.78, 5) is 28.0. The molecular formula is C34H39N3O7. The van der Waals surface area contributed by atoms with Crippen LogP contribution in [0.4, 0.5) is 4.79 Å². The van der Waals surface area contributed by atoms with E-state index in [-0.39, 0.29) is 24.1 Å². The number of piperidine rings is 1. The maximum atomic E-state index is 13.0. The van der Waals surface area contributed by atoms with Gasteiger partial charge in [0, 0.05) is 6.04 Å². The fourth-order valence-electron chi connectivity index (χ4n) is 5.63. The number of nitrogens with one attached hydrogen (secondary N) is 2. The molecule has 1 saturated heterocycles. The Morgan fingerprint density at radius 3 is 2.36 bits per heavy atom. The Balaban J connectivity index is 1.42. The number of nitrogens with zero attached hydrogens (tertiary/aromatic N) is 1. The van der Waals surface area contributed by atoms with Crippen LogP contribution in [0, 0.1) is 0 Å². The highest BCUT2D eigenvalue weighted by Crippen LogP contribution is 2.46. The number of rotatable bonds is 10. The third-order valence-electron chi connectivity index (χ3n) is 8.11. The van der Waals surface area contributed by atoms with Crippen molar-refractivity contribution in [3.63, 3.8) is 0 Å². The minimum Gasteiger partial charge on any atom is -0.497 e. The van der Waals surface area contributed by atoms with Crippen LogP contribution < -0.4 is 29.6 Å². The van der Waals surface area contributed by atoms with Gasteiger partial charge in [0.1, 0.15) is 11.5 Å². The maximum Gasteiger partial charge on any atom is 0.413 e. The quantitative estimate of drug-likeness (QED) is 0.313. The number of allylic oxidation sites excluding steroid dienone is 2. The maximum absolute atomic E-state index is 13.0. The smallest absolute Gasteiger partial charge is 0.413 e. The van der Waals surface area contributed by atoms with E-state index in [0.717, 1.165) is 59.3 Å². The number of carbonyl (C=O) groups is 2. The van der Waals surface area contributed by atoms with Gasteiger partial charge in [0.05, 0.1) is 40.6 Å². The molecule has 232 valence electrons. The molecular weight excluding hydrogens is 562 g/mol. The van der Waals surface area contributed by atoms with Crippen molar-refractivity contribution < 1.29 is 33.0 Å². The summed E-state index contributed by atoms with van der Waals surface area (Å²) in [5, 5.41) is 5.90. The van der Waals surface area contributed by atoms with Crippen LogP contribution in [-0.2, 0) is 11.3 Å². The van der Waals surface area contributed by atoms with Gasteiger partial charge in [0.2, 0.25) is 11.7 Å². The average molecular weight is 602 g/mol. The second-order valence-electron chi connectivity index (χ2n) is 11.0. The third-order valence-corrected chi connectivity index (χ3v) is 8.11. The van der Waals surface area contributed by atoms with Crippen molar-refractivity contribution >= 4 is 29.2 Å². The lowest BCUT2D eigenvalue weighted by Gasteiger charge is -2.29. The fourth-order valence-corrected chi connectivity index (χ4v) is 5.63. The number of furan rings is 1. The number of amides is 2. The fraction of sp³-hybridized carbons (Fsp3) is 0.353. The summed E-state index contributed by atoms with van der Waals surface area (Å²) in [5.41, 5.74) is 5.53. The molecule has 10 heteroatoms. The Bertz CT molecular complexity index is 1540. The van der Waals surface area contributed by atoms with Gasteiger partial charge >= 0.3 is 6.09 Å². The van der Waals surface area contributed by atoms with Crippen molar-refractivity contribution in [2.75, 3.05) is 41.5 Å². The molecule has 1 fully saturated rings. The number of benzene rings is 2. The van der Waals surface area contributed by atoms with Crippen LogP contribution in [0.1, 0.15) is 48.6 Å². The molecule has 3 aromatic rings. The molecule has 5 rings (SSSR count). The van der Waals surface area contributed by atoms with Crippen LogP contribution in [0.2, 0.25) is 0 Å². The number of likely N-dealkylation sites (tertiary alicyclic amines) is 1. The van der Waals surface area contributed by atoms with E-state index in [9.17, 15) is 9.59 Å². The first-order valence-corrected chi connectivity index (χ1v) is 14.6. The van der Waals surface area contributed by atoms with E-state index in [2.05, 4.69) is 22.6 Å². The zero-order valence-electron chi connectivity index (χ0n) is 25.8. The van der Waals surface area contributed by atoms with Crippen molar-refractivity contribution in [3.05, 3.63) is 76.8 Å². The predicted molar refractivity (Wildman–Crippen MR) is 168 cm³/mol. The highest BCUT2D eigenvalue weighted by atomic mass is 16.6. The summed E-state index contributed by atoms with van der Waals surface area (Å²) in [5.74, 6) is 2.21. The Labute approximate surface area is 257 Å². The lowest BCUT2D eigenvalue weighted by Crippen LogP contribution is -2.44. The molecule has 0 bridgehead atoms. The largest absolute Gasteiger partial charge is 0.497 e. The zero-order chi connectivity index (χ0) is 31.2.